The van der Waals surface area contributed by atoms with Gasteiger partial charge in [0.15, 0.2) is 11.5 Å². The van der Waals surface area contributed by atoms with E-state index in [9.17, 15) is 13.2 Å². The minimum Gasteiger partial charge on any atom is -0.369 e. The van der Waals surface area contributed by atoms with Crippen LogP contribution >= 0.6 is 11.6 Å². The van der Waals surface area contributed by atoms with E-state index in [0.717, 1.165) is 17.9 Å². The summed E-state index contributed by atoms with van der Waals surface area (Å²) in [6.45, 7) is 1.22. The molecule has 0 bridgehead atoms. The first-order chi connectivity index (χ1) is 14.4. The van der Waals surface area contributed by atoms with Gasteiger partial charge in [-0.25, -0.2) is 0 Å². The molecule has 3 aromatic rings. The predicted molar refractivity (Wildman–Crippen MR) is 108 cm³/mol. The van der Waals surface area contributed by atoms with Crippen molar-refractivity contribution < 1.29 is 13.2 Å². The molecule has 30 heavy (non-hydrogen) atoms. The molecule has 2 fully saturated rings. The Balaban J connectivity index is 1.35. The summed E-state index contributed by atoms with van der Waals surface area (Å²) >= 11 is 6.63. The Kier molecular flexibility index (Phi) is 4.84. The van der Waals surface area contributed by atoms with Gasteiger partial charge in [-0.15, -0.1) is 10.2 Å². The summed E-state index contributed by atoms with van der Waals surface area (Å²) < 4.78 is 41.8. The SMILES string of the molecule is FC(F)(F)c1ccccc1C1CCN(c2cnn3c(CC4CC4)nnc3c2Cl)CC1. The zero-order valence-corrected chi connectivity index (χ0v) is 17.0. The minimum absolute atomic E-state index is 0.132. The molecular formula is C21H21ClF3N5. The van der Waals surface area contributed by atoms with Crippen molar-refractivity contribution in [1.29, 1.82) is 0 Å². The number of rotatable bonds is 4. The molecule has 1 aliphatic carbocycles. The third-order valence-electron chi connectivity index (χ3n) is 6.13. The second kappa shape index (κ2) is 7.41. The summed E-state index contributed by atoms with van der Waals surface area (Å²) in [5, 5.41) is 13.5. The number of hydrogen-bond acceptors (Lipinski definition) is 4. The van der Waals surface area contributed by atoms with Crippen LogP contribution in [0.5, 0.6) is 0 Å². The Labute approximate surface area is 176 Å². The molecule has 158 valence electrons. The number of nitrogens with zero attached hydrogens (tertiary/aromatic N) is 5. The second-order valence-corrected chi connectivity index (χ2v) is 8.57. The van der Waals surface area contributed by atoms with Crippen molar-refractivity contribution in [3.8, 4) is 0 Å². The topological polar surface area (TPSA) is 46.3 Å². The Hall–Kier alpha value is -2.35. The molecule has 2 aliphatic rings. The van der Waals surface area contributed by atoms with Crippen molar-refractivity contribution in [3.05, 3.63) is 52.4 Å². The van der Waals surface area contributed by atoms with Gasteiger partial charge >= 0.3 is 6.18 Å². The lowest BCUT2D eigenvalue weighted by Gasteiger charge is -2.34. The lowest BCUT2D eigenvalue weighted by Crippen LogP contribution is -2.34. The maximum absolute atomic E-state index is 13.4. The Bertz CT molecular complexity index is 1070. The molecule has 0 spiro atoms. The van der Waals surface area contributed by atoms with E-state index >= 15 is 0 Å². The van der Waals surface area contributed by atoms with Gasteiger partial charge in [-0.1, -0.05) is 29.8 Å². The van der Waals surface area contributed by atoms with Crippen LogP contribution in [0.2, 0.25) is 5.02 Å². The highest BCUT2D eigenvalue weighted by atomic mass is 35.5. The molecule has 5 rings (SSSR count). The van der Waals surface area contributed by atoms with Crippen LogP contribution in [0.25, 0.3) is 5.65 Å². The van der Waals surface area contributed by atoms with Crippen LogP contribution < -0.4 is 4.90 Å². The van der Waals surface area contributed by atoms with Crippen molar-refractivity contribution >= 4 is 22.9 Å². The van der Waals surface area contributed by atoms with Gasteiger partial charge in [0.05, 0.1) is 17.4 Å². The molecule has 2 aromatic heterocycles. The van der Waals surface area contributed by atoms with E-state index in [1.807, 2.05) is 0 Å². The van der Waals surface area contributed by atoms with Crippen molar-refractivity contribution in [2.45, 2.75) is 44.2 Å². The average molecular weight is 436 g/mol. The molecule has 5 nitrogen and oxygen atoms in total. The van der Waals surface area contributed by atoms with Gasteiger partial charge in [-0.05, 0) is 49.1 Å². The number of halogens is 4. The highest BCUT2D eigenvalue weighted by Crippen LogP contribution is 2.40. The molecule has 0 N–H and O–H groups in total. The quantitative estimate of drug-likeness (QED) is 0.569. The first-order valence-corrected chi connectivity index (χ1v) is 10.6. The van der Waals surface area contributed by atoms with Gasteiger partial charge in [-0.2, -0.15) is 22.8 Å². The van der Waals surface area contributed by atoms with E-state index in [1.165, 1.54) is 25.0 Å². The van der Waals surface area contributed by atoms with Crippen molar-refractivity contribution in [3.63, 3.8) is 0 Å². The van der Waals surface area contributed by atoms with E-state index in [2.05, 4.69) is 20.2 Å². The van der Waals surface area contributed by atoms with E-state index in [1.54, 1.807) is 22.8 Å². The second-order valence-electron chi connectivity index (χ2n) is 8.19. The summed E-state index contributed by atoms with van der Waals surface area (Å²) in [5.41, 5.74) is 1.15. The zero-order valence-electron chi connectivity index (χ0n) is 16.2. The Morgan fingerprint density at radius 2 is 1.77 bits per heavy atom. The number of aromatic nitrogens is 4. The normalized spacial score (nSPS) is 18.3. The number of anilines is 1. The van der Waals surface area contributed by atoms with E-state index in [4.69, 9.17) is 11.6 Å². The Morgan fingerprint density at radius 1 is 1.03 bits per heavy atom. The van der Waals surface area contributed by atoms with E-state index < -0.39 is 11.7 Å². The smallest absolute Gasteiger partial charge is 0.369 e. The molecule has 0 amide bonds. The van der Waals surface area contributed by atoms with Crippen LogP contribution in [0.3, 0.4) is 0 Å². The molecule has 1 saturated heterocycles. The molecular weight excluding hydrogens is 415 g/mol. The summed E-state index contributed by atoms with van der Waals surface area (Å²) in [4.78, 5) is 2.08. The van der Waals surface area contributed by atoms with Gasteiger partial charge in [0.1, 0.15) is 5.02 Å². The van der Waals surface area contributed by atoms with Gasteiger partial charge in [0, 0.05) is 19.5 Å². The Morgan fingerprint density at radius 3 is 2.47 bits per heavy atom. The molecule has 3 heterocycles. The monoisotopic (exact) mass is 435 g/mol. The standard InChI is InChI=1S/C21H21ClF3N5/c22-19-17(12-26-30-18(11-13-5-6-13)27-28-20(19)30)29-9-7-14(8-10-29)15-3-1-2-4-16(15)21(23,24)25/h1-4,12-14H,5-11H2. The highest BCUT2D eigenvalue weighted by molar-refractivity contribution is 6.36. The fourth-order valence-corrected chi connectivity index (χ4v) is 4.61. The fraction of sp³-hybridized carbons (Fsp3) is 0.476. The molecule has 1 saturated carbocycles. The number of benzene rings is 1. The molecule has 0 radical (unpaired) electrons. The largest absolute Gasteiger partial charge is 0.416 e. The molecule has 1 aromatic carbocycles. The highest BCUT2D eigenvalue weighted by Gasteiger charge is 2.36. The maximum atomic E-state index is 13.4. The summed E-state index contributed by atoms with van der Waals surface area (Å²) in [7, 11) is 0. The van der Waals surface area contributed by atoms with Gasteiger partial charge in [0.2, 0.25) is 0 Å². The number of hydrogen-bond donors (Lipinski definition) is 0. The summed E-state index contributed by atoms with van der Waals surface area (Å²) in [5.74, 6) is 1.35. The summed E-state index contributed by atoms with van der Waals surface area (Å²) in [6, 6.07) is 5.89. The van der Waals surface area contributed by atoms with Crippen LogP contribution in [-0.2, 0) is 12.6 Å². The fourth-order valence-electron chi connectivity index (χ4n) is 4.32. The van der Waals surface area contributed by atoms with Crippen LogP contribution in [-0.4, -0.2) is 32.9 Å². The maximum Gasteiger partial charge on any atom is 0.416 e. The van der Waals surface area contributed by atoms with Gasteiger partial charge in [-0.3, -0.25) is 0 Å². The van der Waals surface area contributed by atoms with Crippen LogP contribution in [0.1, 0.15) is 48.6 Å². The van der Waals surface area contributed by atoms with Gasteiger partial charge in [0.25, 0.3) is 0 Å². The predicted octanol–water partition coefficient (Wildman–Crippen LogP) is 5.13. The molecule has 1 aliphatic heterocycles. The number of piperidine rings is 1. The molecule has 0 unspecified atom stereocenters. The number of fused-ring (bicyclic) bond motifs is 1. The third kappa shape index (κ3) is 3.62. The van der Waals surface area contributed by atoms with Crippen molar-refractivity contribution in [2.24, 2.45) is 5.92 Å². The minimum atomic E-state index is -4.34. The van der Waals surface area contributed by atoms with E-state index in [0.29, 0.717) is 48.1 Å². The molecule has 9 heteroatoms. The lowest BCUT2D eigenvalue weighted by molar-refractivity contribution is -0.138. The molecule has 0 atom stereocenters. The first kappa shape index (κ1) is 19.6. The van der Waals surface area contributed by atoms with Crippen molar-refractivity contribution in [1.82, 2.24) is 19.8 Å². The van der Waals surface area contributed by atoms with Crippen LogP contribution in [0, 0.1) is 5.92 Å². The third-order valence-corrected chi connectivity index (χ3v) is 6.49. The van der Waals surface area contributed by atoms with E-state index in [-0.39, 0.29) is 5.92 Å². The van der Waals surface area contributed by atoms with Crippen LogP contribution in [0.4, 0.5) is 18.9 Å². The first-order valence-electron chi connectivity index (χ1n) is 10.2. The number of alkyl halides is 3. The van der Waals surface area contributed by atoms with Crippen LogP contribution in [0.15, 0.2) is 30.5 Å². The zero-order chi connectivity index (χ0) is 20.9. The summed E-state index contributed by atoms with van der Waals surface area (Å²) in [6.07, 6.45) is 1.91. The lowest BCUT2D eigenvalue weighted by atomic mass is 9.86. The average Bonchev–Trinajstić information content (AvgIpc) is 3.46. The van der Waals surface area contributed by atoms with Crippen molar-refractivity contribution in [2.75, 3.05) is 18.0 Å². The van der Waals surface area contributed by atoms with Gasteiger partial charge < -0.3 is 4.90 Å².